The predicted octanol–water partition coefficient (Wildman–Crippen LogP) is 9.87. The minimum Gasteiger partial charge on any atom is -0.506 e. The summed E-state index contributed by atoms with van der Waals surface area (Å²) in [5.41, 5.74) is 43.8. The molecule has 0 aliphatic carbocycles. The van der Waals surface area contributed by atoms with Crippen LogP contribution in [0.2, 0.25) is 0 Å². The second-order valence-electron chi connectivity index (χ2n) is 19.8. The van der Waals surface area contributed by atoms with Crippen LogP contribution in [0.1, 0.15) is 52.3 Å². The van der Waals surface area contributed by atoms with Gasteiger partial charge in [-0.05, 0) is 121 Å². The maximum absolute atomic E-state index is 12.3. The largest absolute Gasteiger partial charge is 0.506 e. The van der Waals surface area contributed by atoms with Crippen LogP contribution in [-0.4, -0.2) is 135 Å². The molecule has 28 nitrogen and oxygen atoms in total. The van der Waals surface area contributed by atoms with Gasteiger partial charge in [-0.3, -0.25) is 34.3 Å². The lowest BCUT2D eigenvalue weighted by molar-refractivity contribution is 0.100. The molecule has 11 heterocycles. The van der Waals surface area contributed by atoms with E-state index in [-0.39, 0.29) is 42.4 Å². The number of halogens is 1. The molecule has 96 heavy (non-hydrogen) atoms. The van der Waals surface area contributed by atoms with Crippen LogP contribution in [0.15, 0.2) is 176 Å². The first-order chi connectivity index (χ1) is 45.6. The molecule has 0 radical (unpaired) electrons. The number of rotatable bonds is 15. The lowest BCUT2D eigenvalue weighted by Gasteiger charge is -2.10. The molecule has 11 aromatic rings. The second-order valence-corrected chi connectivity index (χ2v) is 20.6. The number of pyridine rings is 9. The fourth-order valence-electron chi connectivity index (χ4n) is 8.41. The van der Waals surface area contributed by atoms with Crippen LogP contribution in [0.25, 0.3) is 67.5 Å². The number of allylic oxidation sites excluding steroid dienone is 1. The number of ketones is 3. The lowest BCUT2D eigenvalue weighted by atomic mass is 10.1. The molecule has 0 amide bonds. The molecule has 0 saturated carbocycles. The van der Waals surface area contributed by atoms with Crippen molar-refractivity contribution in [2.75, 3.05) is 76.9 Å². The van der Waals surface area contributed by atoms with E-state index in [9.17, 15) is 19.5 Å². The van der Waals surface area contributed by atoms with Crippen molar-refractivity contribution in [1.82, 2.24) is 69.7 Å². The zero-order valence-electron chi connectivity index (χ0n) is 52.6. The summed E-state index contributed by atoms with van der Waals surface area (Å²) in [6, 6.07) is 26.1. The highest BCUT2D eigenvalue weighted by Gasteiger charge is 2.17. The maximum Gasteiger partial charge on any atom is 0.220 e. The van der Waals surface area contributed by atoms with Crippen molar-refractivity contribution in [2.24, 2.45) is 0 Å². The van der Waals surface area contributed by atoms with Crippen molar-refractivity contribution in [2.45, 2.75) is 21.3 Å². The number of anilines is 6. The molecule has 0 fully saturated rings. The van der Waals surface area contributed by atoms with Crippen LogP contribution in [0.4, 0.5) is 35.2 Å². The summed E-state index contributed by atoms with van der Waals surface area (Å²) >= 11 is 3.17. The fraction of sp³-hybridized carbons (Fsp3) is 0.134. The van der Waals surface area contributed by atoms with E-state index in [1.54, 1.807) is 134 Å². The number of hydrogen-bond donors (Lipinski definition) is 7. The Hall–Kier alpha value is -12.7. The Morgan fingerprint density at radius 3 is 1.17 bits per heavy atom. The smallest absolute Gasteiger partial charge is 0.220 e. The first-order valence-electron chi connectivity index (χ1n) is 28.0. The van der Waals surface area contributed by atoms with E-state index in [4.69, 9.17) is 53.3 Å². The molecule has 11 rings (SSSR count). The quantitative estimate of drug-likeness (QED) is 0.0285. The third kappa shape index (κ3) is 20.2. The van der Waals surface area contributed by atoms with E-state index >= 15 is 0 Å². The van der Waals surface area contributed by atoms with Gasteiger partial charge in [0, 0.05) is 96.9 Å². The van der Waals surface area contributed by atoms with Crippen molar-refractivity contribution in [1.29, 1.82) is 0 Å². The minimum atomic E-state index is -0.156. The third-order valence-electron chi connectivity index (χ3n) is 13.0. The number of methoxy groups -OCH3 is 4. The van der Waals surface area contributed by atoms with Gasteiger partial charge in [0.05, 0.1) is 110 Å². The molecule has 11 aromatic heterocycles. The number of carbonyl (C=O) groups is 3. The number of Topliss-reactive ketones (excluding diaryl/α,β-unsaturated/α-hetero) is 2. The first-order valence-corrected chi connectivity index (χ1v) is 28.8. The third-order valence-corrected chi connectivity index (χ3v) is 13.4. The topological polar surface area (TPSA) is 435 Å². The minimum absolute atomic E-state index is 0. The van der Waals surface area contributed by atoms with Gasteiger partial charge in [0.2, 0.25) is 11.9 Å². The van der Waals surface area contributed by atoms with Gasteiger partial charge in [-0.1, -0.05) is 7.43 Å². The molecular weight excluding hydrogens is 1290 g/mol. The summed E-state index contributed by atoms with van der Waals surface area (Å²) in [5, 5.41) is 9.98. The van der Waals surface area contributed by atoms with Crippen molar-refractivity contribution in [3.05, 3.63) is 193 Å². The number of aromatic nitrogens is 13. The van der Waals surface area contributed by atoms with E-state index in [0.717, 1.165) is 33.5 Å². The van der Waals surface area contributed by atoms with Crippen molar-refractivity contribution in [3.8, 4) is 96.3 Å². The lowest BCUT2D eigenvalue weighted by Crippen LogP contribution is -2.05. The summed E-state index contributed by atoms with van der Waals surface area (Å²) in [5.74, 6) is 3.73. The molecule has 0 saturated heterocycles. The summed E-state index contributed by atoms with van der Waals surface area (Å²) < 4.78 is 21.3. The van der Waals surface area contributed by atoms with E-state index < -0.39 is 0 Å². The summed E-state index contributed by atoms with van der Waals surface area (Å²) in [4.78, 5) is 89.6. The van der Waals surface area contributed by atoms with Gasteiger partial charge >= 0.3 is 0 Å². The highest BCUT2D eigenvalue weighted by Crippen LogP contribution is 2.34. The molecule has 492 valence electrons. The first kappa shape index (κ1) is 72.4. The molecule has 0 aliphatic heterocycles. The molecule has 0 aliphatic rings. The molecule has 13 N–H and O–H groups in total. The van der Waals surface area contributed by atoms with Gasteiger partial charge in [-0.15, -0.1) is 0 Å². The predicted molar refractivity (Wildman–Crippen MR) is 372 cm³/mol. The van der Waals surface area contributed by atoms with E-state index in [0.29, 0.717) is 102 Å². The van der Waals surface area contributed by atoms with Gasteiger partial charge in [0.25, 0.3) is 0 Å². The molecule has 0 bridgehead atoms. The summed E-state index contributed by atoms with van der Waals surface area (Å²) in [7, 11) is 9.80. The van der Waals surface area contributed by atoms with Gasteiger partial charge in [-0.2, -0.15) is 0 Å². The Labute approximate surface area is 561 Å². The average molecular weight is 1360 g/mol. The Morgan fingerprint density at radius 2 is 0.771 bits per heavy atom. The number of aromatic hydroxyl groups is 1. The van der Waals surface area contributed by atoms with Crippen LogP contribution in [0.3, 0.4) is 0 Å². The van der Waals surface area contributed by atoms with E-state index in [2.05, 4.69) is 80.7 Å². The highest BCUT2D eigenvalue weighted by atomic mass is 79.9. The Balaban J connectivity index is 0.000000192. The Bertz CT molecular complexity index is 4550. The number of nitrogens with two attached hydrogens (primary N) is 6. The van der Waals surface area contributed by atoms with Crippen molar-refractivity contribution >= 4 is 68.4 Å². The highest BCUT2D eigenvalue weighted by molar-refractivity contribution is 9.10. The number of ether oxygens (including phenoxy) is 4. The number of nitrogen functional groups attached to an aromatic ring is 6. The van der Waals surface area contributed by atoms with Gasteiger partial charge < -0.3 is 63.4 Å². The van der Waals surface area contributed by atoms with Crippen LogP contribution in [-0.2, 0) is 0 Å². The van der Waals surface area contributed by atoms with E-state index in [1.807, 2.05) is 26.2 Å². The second kappa shape index (κ2) is 34.7. The summed E-state index contributed by atoms with van der Waals surface area (Å²) in [6.45, 7) is 2.98. The van der Waals surface area contributed by atoms with Crippen LogP contribution >= 0.6 is 15.9 Å². The normalized spacial score (nSPS) is 10.2. The van der Waals surface area contributed by atoms with Crippen molar-refractivity contribution in [3.63, 3.8) is 0 Å². The van der Waals surface area contributed by atoms with Crippen LogP contribution < -0.4 is 53.3 Å². The van der Waals surface area contributed by atoms with Gasteiger partial charge in [0.1, 0.15) is 56.6 Å². The Morgan fingerprint density at radius 1 is 0.427 bits per heavy atom. The molecule has 0 atom stereocenters. The number of hydrogen-bond acceptors (Lipinski definition) is 28. The molecule has 0 spiro atoms. The van der Waals surface area contributed by atoms with Crippen molar-refractivity contribution < 1.29 is 38.4 Å². The monoisotopic (exact) mass is 1360 g/mol. The fourth-order valence-corrected chi connectivity index (χ4v) is 8.74. The Kier molecular flexibility index (Phi) is 26.2. The molecule has 29 heteroatoms. The SMILES string of the molecule is C.COc1cnc(-c2ccnc(N)c2)cc1-c1ccnc(N)n1.COc1cnc(-c2ccnc(N)c2)cc1C(=O)/C=C/N(C)C.COc1cnc(-c2ccnc(N)c2)cc1C(C)=O.COc1cnc(Br)cc1C(C)=O.Nc1cc(-c2cc(-c3ccnc(N)n3)c(O)cn2)ccn1. The molecule has 0 aromatic carbocycles. The zero-order chi connectivity index (χ0) is 68.7. The van der Waals surface area contributed by atoms with Crippen LogP contribution in [0, 0.1) is 0 Å². The number of nitrogens with zero attached hydrogens (tertiary/aromatic N) is 14. The summed E-state index contributed by atoms with van der Waals surface area (Å²) in [6.07, 6.45) is 20.3. The standard InChI is InChI=1S/C16H18N4O2.C15H14N6O.C14H12N6O.C13H13N3O2.C8H8BrNO2.CH4/c1-20(2)7-5-14(21)12-9-13(19-10-15(12)22-3)11-4-6-18-16(17)8-11;1-22-13-8-20-12(9-2-4-18-14(16)6-9)7-10(13)11-3-5-19-15(17)21-11;15-13-5-8(1-3-17-13)11-6-9(12(21)7-19-11)10-2-4-18-14(16)20-10;1-8(17)10-6-11(16-7-12(10)18-2)9-3-4-15-13(14)5-9;1-5(11)6-3-8(9)10-4-7(6)12-2;/h4-10H,1-3H3,(H2,17,18);2-8H,1H3,(H2,16,18)(H2,17,19,21);1-7,21H,(H2,15,17)(H2,16,18,20);3-7H,1-2H3,(H2,14,15);3-4H,1-2H3;1H4/b7-5+;;;;;. The molecular formula is C67H69BrN20O8. The van der Waals surface area contributed by atoms with Crippen LogP contribution in [0.5, 0.6) is 28.7 Å². The van der Waals surface area contributed by atoms with E-state index in [1.165, 1.54) is 72.2 Å². The maximum atomic E-state index is 12.3. The zero-order valence-corrected chi connectivity index (χ0v) is 54.2. The number of carbonyl (C=O) groups excluding carboxylic acids is 3. The average Bonchev–Trinajstić information content (AvgIpc) is 0.853. The molecule has 0 unspecified atom stereocenters. The van der Waals surface area contributed by atoms with Gasteiger partial charge in [0.15, 0.2) is 17.3 Å². The van der Waals surface area contributed by atoms with Gasteiger partial charge in [-0.25, -0.2) is 44.9 Å².